The van der Waals surface area contributed by atoms with Crippen molar-refractivity contribution in [3.63, 3.8) is 0 Å². The molecular formula is C15H21ClN2. The maximum absolute atomic E-state index is 5.92. The van der Waals surface area contributed by atoms with E-state index in [1.54, 1.807) is 0 Å². The van der Waals surface area contributed by atoms with Gasteiger partial charge in [-0.2, -0.15) is 0 Å². The van der Waals surface area contributed by atoms with E-state index in [0.717, 1.165) is 23.3 Å². The van der Waals surface area contributed by atoms with E-state index in [2.05, 4.69) is 29.3 Å². The van der Waals surface area contributed by atoms with Crippen LogP contribution in [0.3, 0.4) is 0 Å². The number of fused-ring (bicyclic) bond motifs is 1. The van der Waals surface area contributed by atoms with Gasteiger partial charge in [0.2, 0.25) is 0 Å². The van der Waals surface area contributed by atoms with Crippen molar-refractivity contribution in [3.05, 3.63) is 34.9 Å². The summed E-state index contributed by atoms with van der Waals surface area (Å²) >= 11 is 5.92. The predicted octanol–water partition coefficient (Wildman–Crippen LogP) is 2.42. The highest BCUT2D eigenvalue weighted by molar-refractivity contribution is 6.30. The van der Waals surface area contributed by atoms with Crippen LogP contribution < -0.4 is 5.32 Å². The summed E-state index contributed by atoms with van der Waals surface area (Å²) in [5.74, 6) is 1.77. The van der Waals surface area contributed by atoms with Crippen molar-refractivity contribution in [2.75, 3.05) is 26.2 Å². The van der Waals surface area contributed by atoms with E-state index >= 15 is 0 Å². The number of nitrogens with zero attached hydrogens (tertiary/aromatic N) is 1. The standard InChI is InChI=1S/C15H21ClN2/c1-11(6-12-2-4-15(16)5-3-12)18-9-13-7-17-8-14(13)10-18/h2-5,11,13-14,17H,6-10H2,1H3/t11?,13-,14+. The molecule has 0 bridgehead atoms. The topological polar surface area (TPSA) is 15.3 Å². The second kappa shape index (κ2) is 5.20. The first kappa shape index (κ1) is 12.5. The van der Waals surface area contributed by atoms with E-state index in [9.17, 15) is 0 Å². The van der Waals surface area contributed by atoms with Crippen LogP contribution in [0.25, 0.3) is 0 Å². The molecule has 0 radical (unpaired) electrons. The van der Waals surface area contributed by atoms with Crippen molar-refractivity contribution < 1.29 is 0 Å². The van der Waals surface area contributed by atoms with Crippen LogP contribution in [-0.4, -0.2) is 37.1 Å². The van der Waals surface area contributed by atoms with Crippen molar-refractivity contribution in [1.29, 1.82) is 0 Å². The third kappa shape index (κ3) is 2.56. The van der Waals surface area contributed by atoms with E-state index in [1.165, 1.54) is 31.7 Å². The summed E-state index contributed by atoms with van der Waals surface area (Å²) in [4.78, 5) is 2.66. The molecular weight excluding hydrogens is 244 g/mol. The average Bonchev–Trinajstić information content (AvgIpc) is 2.92. The molecule has 0 saturated carbocycles. The highest BCUT2D eigenvalue weighted by Gasteiger charge is 2.37. The van der Waals surface area contributed by atoms with Gasteiger partial charge in [0.1, 0.15) is 0 Å². The summed E-state index contributed by atoms with van der Waals surface area (Å²) in [6, 6.07) is 8.92. The van der Waals surface area contributed by atoms with Crippen LogP contribution in [0, 0.1) is 11.8 Å². The maximum Gasteiger partial charge on any atom is 0.0406 e. The van der Waals surface area contributed by atoms with Gasteiger partial charge in [-0.1, -0.05) is 23.7 Å². The van der Waals surface area contributed by atoms with Crippen LogP contribution in [-0.2, 0) is 6.42 Å². The molecule has 1 aromatic rings. The number of hydrogen-bond donors (Lipinski definition) is 1. The van der Waals surface area contributed by atoms with Gasteiger partial charge in [-0.25, -0.2) is 0 Å². The number of likely N-dealkylation sites (tertiary alicyclic amines) is 1. The summed E-state index contributed by atoms with van der Waals surface area (Å²) < 4.78 is 0. The minimum Gasteiger partial charge on any atom is -0.316 e. The molecule has 3 atom stereocenters. The number of hydrogen-bond acceptors (Lipinski definition) is 2. The Hall–Kier alpha value is -0.570. The smallest absolute Gasteiger partial charge is 0.0406 e. The summed E-state index contributed by atoms with van der Waals surface area (Å²) in [6.07, 6.45) is 1.13. The Morgan fingerprint density at radius 2 is 1.83 bits per heavy atom. The van der Waals surface area contributed by atoms with E-state index in [-0.39, 0.29) is 0 Å². The van der Waals surface area contributed by atoms with Crippen molar-refractivity contribution in [3.8, 4) is 0 Å². The Kier molecular flexibility index (Phi) is 3.60. The second-order valence-electron chi connectivity index (χ2n) is 5.81. The van der Waals surface area contributed by atoms with Crippen molar-refractivity contribution >= 4 is 11.6 Å². The molecule has 1 N–H and O–H groups in total. The molecule has 0 aromatic heterocycles. The molecule has 98 valence electrons. The SMILES string of the molecule is CC(Cc1ccc(Cl)cc1)N1C[C@H]2CNC[C@H]2C1. The molecule has 3 rings (SSSR count). The minimum atomic E-state index is 0.636. The van der Waals surface area contributed by atoms with Crippen LogP contribution in [0.2, 0.25) is 5.02 Å². The maximum atomic E-state index is 5.92. The van der Waals surface area contributed by atoms with Gasteiger partial charge in [0.05, 0.1) is 0 Å². The first-order valence-electron chi connectivity index (χ1n) is 6.91. The van der Waals surface area contributed by atoms with Crippen LogP contribution in [0.5, 0.6) is 0 Å². The zero-order valence-corrected chi connectivity index (χ0v) is 11.7. The van der Waals surface area contributed by atoms with Gasteiger partial charge in [0, 0.05) is 24.2 Å². The molecule has 2 aliphatic heterocycles. The van der Waals surface area contributed by atoms with E-state index in [4.69, 9.17) is 11.6 Å². The molecule has 1 unspecified atom stereocenters. The Balaban J connectivity index is 1.58. The van der Waals surface area contributed by atoms with Crippen LogP contribution >= 0.6 is 11.6 Å². The number of halogens is 1. The lowest BCUT2D eigenvalue weighted by Gasteiger charge is -2.25. The fourth-order valence-electron chi connectivity index (χ4n) is 3.34. The Morgan fingerprint density at radius 3 is 2.44 bits per heavy atom. The lowest BCUT2D eigenvalue weighted by molar-refractivity contribution is 0.239. The first-order valence-corrected chi connectivity index (χ1v) is 7.29. The zero-order chi connectivity index (χ0) is 12.5. The quantitative estimate of drug-likeness (QED) is 0.902. The summed E-state index contributed by atoms with van der Waals surface area (Å²) in [5.41, 5.74) is 1.39. The second-order valence-corrected chi connectivity index (χ2v) is 6.25. The van der Waals surface area contributed by atoms with Gasteiger partial charge >= 0.3 is 0 Å². The van der Waals surface area contributed by atoms with Crippen molar-refractivity contribution in [2.24, 2.45) is 11.8 Å². The highest BCUT2D eigenvalue weighted by atomic mass is 35.5. The molecule has 18 heavy (non-hydrogen) atoms. The normalized spacial score (nSPS) is 29.4. The fourth-order valence-corrected chi connectivity index (χ4v) is 3.47. The van der Waals surface area contributed by atoms with Gasteiger partial charge < -0.3 is 5.32 Å². The summed E-state index contributed by atoms with van der Waals surface area (Å²) in [6.45, 7) is 7.32. The highest BCUT2D eigenvalue weighted by Crippen LogP contribution is 2.28. The van der Waals surface area contributed by atoms with E-state index in [0.29, 0.717) is 6.04 Å². The Morgan fingerprint density at radius 1 is 1.22 bits per heavy atom. The lowest BCUT2D eigenvalue weighted by atomic mass is 10.0. The average molecular weight is 265 g/mol. The number of nitrogens with one attached hydrogen (secondary N) is 1. The minimum absolute atomic E-state index is 0.636. The van der Waals surface area contributed by atoms with Crippen molar-refractivity contribution in [1.82, 2.24) is 10.2 Å². The monoisotopic (exact) mass is 264 g/mol. The number of rotatable bonds is 3. The molecule has 2 aliphatic rings. The van der Waals surface area contributed by atoms with Crippen LogP contribution in [0.4, 0.5) is 0 Å². The molecule has 2 saturated heterocycles. The molecule has 2 nitrogen and oxygen atoms in total. The van der Waals surface area contributed by atoms with Crippen molar-refractivity contribution in [2.45, 2.75) is 19.4 Å². The first-order chi connectivity index (χ1) is 8.72. The Labute approximate surface area is 114 Å². The third-order valence-electron chi connectivity index (χ3n) is 4.49. The predicted molar refractivity (Wildman–Crippen MR) is 76.0 cm³/mol. The van der Waals surface area contributed by atoms with Gasteiger partial charge in [-0.05, 0) is 56.0 Å². The molecule has 0 aliphatic carbocycles. The van der Waals surface area contributed by atoms with E-state index in [1.807, 2.05) is 12.1 Å². The zero-order valence-electron chi connectivity index (χ0n) is 10.9. The molecule has 2 heterocycles. The summed E-state index contributed by atoms with van der Waals surface area (Å²) in [7, 11) is 0. The van der Waals surface area contributed by atoms with Gasteiger partial charge in [-0.3, -0.25) is 4.90 Å². The lowest BCUT2D eigenvalue weighted by Crippen LogP contribution is -2.35. The van der Waals surface area contributed by atoms with Crippen LogP contribution in [0.1, 0.15) is 12.5 Å². The van der Waals surface area contributed by atoms with E-state index < -0.39 is 0 Å². The van der Waals surface area contributed by atoms with Gasteiger partial charge in [0.25, 0.3) is 0 Å². The molecule has 2 fully saturated rings. The fraction of sp³-hybridized carbons (Fsp3) is 0.600. The molecule has 0 spiro atoms. The Bertz CT molecular complexity index is 391. The molecule has 0 amide bonds. The van der Waals surface area contributed by atoms with Gasteiger partial charge in [-0.15, -0.1) is 0 Å². The largest absolute Gasteiger partial charge is 0.316 e. The van der Waals surface area contributed by atoms with Crippen LogP contribution in [0.15, 0.2) is 24.3 Å². The summed E-state index contributed by atoms with van der Waals surface area (Å²) in [5, 5.41) is 4.33. The third-order valence-corrected chi connectivity index (χ3v) is 4.74. The number of benzene rings is 1. The van der Waals surface area contributed by atoms with Gasteiger partial charge in [0.15, 0.2) is 0 Å². The molecule has 3 heteroatoms. The molecule has 1 aromatic carbocycles.